The standard InChI is InChI=1S/C15H9NO3S/c1-16-9-7-13-11(6-8(9)14(17)15(16)18)19-10-4-2-3-5-12(10)20-13/h2-7H,1H3. The summed E-state index contributed by atoms with van der Waals surface area (Å²) in [4.78, 5) is 23.6. The number of fused-ring (bicyclic) bond motifs is 3. The first-order valence-corrected chi connectivity index (χ1v) is 6.92. The third-order valence-electron chi connectivity index (χ3n) is 3.46. The first-order chi connectivity index (χ1) is 9.65. The molecule has 0 aliphatic heterocycles. The molecule has 2 aromatic heterocycles. The van der Waals surface area contributed by atoms with E-state index in [9.17, 15) is 9.59 Å². The minimum Gasteiger partial charge on any atom is -0.454 e. The van der Waals surface area contributed by atoms with E-state index in [-0.39, 0.29) is 0 Å². The second kappa shape index (κ2) is 3.80. The SMILES string of the molecule is Cn1c(=O)c(=O)c2cc3oc4ccccc4sc3cc21. The van der Waals surface area contributed by atoms with Crippen LogP contribution in [0, 0.1) is 0 Å². The second-order valence-corrected chi connectivity index (χ2v) is 5.74. The Balaban J connectivity index is 2.27. The van der Waals surface area contributed by atoms with Gasteiger partial charge in [-0.25, -0.2) is 0 Å². The lowest BCUT2D eigenvalue weighted by Crippen LogP contribution is -2.24. The van der Waals surface area contributed by atoms with Crippen molar-refractivity contribution in [3.05, 3.63) is 57.0 Å². The monoisotopic (exact) mass is 283 g/mol. The van der Waals surface area contributed by atoms with Crippen LogP contribution in [0.5, 0.6) is 0 Å². The van der Waals surface area contributed by atoms with Crippen molar-refractivity contribution < 1.29 is 4.42 Å². The first kappa shape index (κ1) is 11.4. The fraction of sp³-hybridized carbons (Fsp3) is 0.0667. The van der Waals surface area contributed by atoms with Crippen molar-refractivity contribution in [3.63, 3.8) is 0 Å². The van der Waals surface area contributed by atoms with Crippen LogP contribution in [-0.2, 0) is 7.05 Å². The molecule has 0 radical (unpaired) electrons. The molecule has 0 amide bonds. The van der Waals surface area contributed by atoms with Crippen molar-refractivity contribution >= 4 is 42.8 Å². The molecule has 2 aromatic carbocycles. The van der Waals surface area contributed by atoms with E-state index in [1.54, 1.807) is 24.5 Å². The molecule has 0 bridgehead atoms. The van der Waals surface area contributed by atoms with Gasteiger partial charge in [-0.2, -0.15) is 0 Å². The van der Waals surface area contributed by atoms with Crippen molar-refractivity contribution in [2.45, 2.75) is 0 Å². The quantitative estimate of drug-likeness (QED) is 0.368. The third kappa shape index (κ3) is 1.41. The van der Waals surface area contributed by atoms with Crippen molar-refractivity contribution in [2.24, 2.45) is 7.05 Å². The summed E-state index contributed by atoms with van der Waals surface area (Å²) < 4.78 is 9.15. The Morgan fingerprint density at radius 1 is 1.05 bits per heavy atom. The molecule has 5 heteroatoms. The van der Waals surface area contributed by atoms with Crippen molar-refractivity contribution in [2.75, 3.05) is 0 Å². The number of hydrogen-bond acceptors (Lipinski definition) is 4. The third-order valence-corrected chi connectivity index (χ3v) is 4.55. The minimum absolute atomic E-state index is 0.413. The van der Waals surface area contributed by atoms with Crippen LogP contribution in [0.1, 0.15) is 0 Å². The molecule has 2 heterocycles. The predicted molar refractivity (Wildman–Crippen MR) is 80.6 cm³/mol. The maximum absolute atomic E-state index is 11.9. The van der Waals surface area contributed by atoms with Gasteiger partial charge in [-0.3, -0.25) is 9.59 Å². The summed E-state index contributed by atoms with van der Waals surface area (Å²) in [6.07, 6.45) is 0. The van der Waals surface area contributed by atoms with Gasteiger partial charge in [-0.05, 0) is 24.3 Å². The predicted octanol–water partition coefficient (Wildman–Crippen LogP) is 2.86. The van der Waals surface area contributed by atoms with Crippen LogP contribution in [0.4, 0.5) is 0 Å². The van der Waals surface area contributed by atoms with E-state index >= 15 is 0 Å². The van der Waals surface area contributed by atoms with Gasteiger partial charge in [0.1, 0.15) is 11.2 Å². The highest BCUT2D eigenvalue weighted by molar-refractivity contribution is 7.24. The fourth-order valence-electron chi connectivity index (χ4n) is 2.40. The topological polar surface area (TPSA) is 52.2 Å². The Bertz CT molecular complexity index is 1100. The average Bonchev–Trinajstić information content (AvgIpc) is 2.68. The van der Waals surface area contributed by atoms with Gasteiger partial charge in [0.05, 0.1) is 20.3 Å². The summed E-state index contributed by atoms with van der Waals surface area (Å²) in [6.45, 7) is 0. The molecule has 4 rings (SSSR count). The highest BCUT2D eigenvalue weighted by Crippen LogP contribution is 2.30. The zero-order valence-corrected chi connectivity index (χ0v) is 11.4. The zero-order valence-electron chi connectivity index (χ0n) is 10.5. The summed E-state index contributed by atoms with van der Waals surface area (Å²) in [7, 11) is 1.61. The molecule has 0 N–H and O–H groups in total. The molecule has 20 heavy (non-hydrogen) atoms. The number of para-hydroxylation sites is 1. The molecular formula is C15H9NO3S. The molecule has 0 aliphatic rings. The Morgan fingerprint density at radius 3 is 2.70 bits per heavy atom. The molecule has 0 unspecified atom stereocenters. The lowest BCUT2D eigenvalue weighted by Gasteiger charge is -2.02. The smallest absolute Gasteiger partial charge is 0.299 e. The number of aryl methyl sites for hydroxylation is 1. The van der Waals surface area contributed by atoms with Gasteiger partial charge in [0.15, 0.2) is 0 Å². The summed E-state index contributed by atoms with van der Waals surface area (Å²) >= 11 is 1.58. The molecule has 4 aromatic rings. The van der Waals surface area contributed by atoms with Crippen LogP contribution >= 0.6 is 11.3 Å². The first-order valence-electron chi connectivity index (χ1n) is 6.10. The van der Waals surface area contributed by atoms with Crippen molar-refractivity contribution in [1.82, 2.24) is 4.57 Å². The van der Waals surface area contributed by atoms with E-state index in [1.807, 2.05) is 30.3 Å². The van der Waals surface area contributed by atoms with E-state index in [1.165, 1.54) is 4.57 Å². The number of hydrogen-bond donors (Lipinski definition) is 0. The molecule has 0 fully saturated rings. The van der Waals surface area contributed by atoms with Gasteiger partial charge in [0.2, 0.25) is 0 Å². The van der Waals surface area contributed by atoms with Crippen molar-refractivity contribution in [1.29, 1.82) is 0 Å². The van der Waals surface area contributed by atoms with Crippen molar-refractivity contribution in [3.8, 4) is 0 Å². The van der Waals surface area contributed by atoms with Gasteiger partial charge < -0.3 is 8.98 Å². The fourth-order valence-corrected chi connectivity index (χ4v) is 3.37. The molecule has 0 saturated heterocycles. The number of benzene rings is 2. The van der Waals surface area contributed by atoms with E-state index in [4.69, 9.17) is 4.42 Å². The Morgan fingerprint density at radius 2 is 1.85 bits per heavy atom. The minimum atomic E-state index is -0.495. The van der Waals surface area contributed by atoms with Gasteiger partial charge in [0, 0.05) is 7.05 Å². The maximum Gasteiger partial charge on any atom is 0.299 e. The summed E-state index contributed by atoms with van der Waals surface area (Å²) in [5.74, 6) is 0. The molecule has 98 valence electrons. The lowest BCUT2D eigenvalue weighted by molar-refractivity contribution is 0.663. The Labute approximate surface area is 116 Å². The van der Waals surface area contributed by atoms with Crippen LogP contribution in [0.3, 0.4) is 0 Å². The van der Waals surface area contributed by atoms with Gasteiger partial charge in [-0.1, -0.05) is 12.1 Å². The van der Waals surface area contributed by atoms with Gasteiger partial charge >= 0.3 is 0 Å². The second-order valence-electron chi connectivity index (χ2n) is 4.66. The molecule has 0 aliphatic carbocycles. The van der Waals surface area contributed by atoms with E-state index in [0.717, 1.165) is 15.0 Å². The number of nitrogens with zero attached hydrogens (tertiary/aromatic N) is 1. The maximum atomic E-state index is 11.9. The summed E-state index contributed by atoms with van der Waals surface area (Å²) in [5, 5.41) is 0.413. The normalized spacial score (nSPS) is 11.7. The largest absolute Gasteiger partial charge is 0.454 e. The van der Waals surface area contributed by atoms with E-state index in [2.05, 4.69) is 0 Å². The molecule has 0 saturated carbocycles. The number of aromatic nitrogens is 1. The van der Waals surface area contributed by atoms with Gasteiger partial charge in [-0.15, -0.1) is 11.3 Å². The van der Waals surface area contributed by atoms with Crippen LogP contribution in [-0.4, -0.2) is 4.57 Å². The molecule has 0 spiro atoms. The lowest BCUT2D eigenvalue weighted by atomic mass is 10.2. The molecular weight excluding hydrogens is 274 g/mol. The van der Waals surface area contributed by atoms with E-state index in [0.29, 0.717) is 16.5 Å². The molecule has 0 atom stereocenters. The average molecular weight is 283 g/mol. The van der Waals surface area contributed by atoms with Gasteiger partial charge in [0.25, 0.3) is 11.0 Å². The van der Waals surface area contributed by atoms with E-state index < -0.39 is 11.0 Å². The van der Waals surface area contributed by atoms with Crippen LogP contribution in [0.25, 0.3) is 31.5 Å². The summed E-state index contributed by atoms with van der Waals surface area (Å²) in [5.41, 5.74) is 1.08. The Hall–Kier alpha value is -2.40. The van der Waals surface area contributed by atoms with Crippen LogP contribution < -0.4 is 11.0 Å². The Kier molecular flexibility index (Phi) is 2.17. The zero-order chi connectivity index (χ0) is 13.9. The van der Waals surface area contributed by atoms with Crippen LogP contribution in [0.15, 0.2) is 50.4 Å². The highest BCUT2D eigenvalue weighted by Gasteiger charge is 2.12. The molecule has 4 nitrogen and oxygen atoms in total. The number of rotatable bonds is 0. The summed E-state index contributed by atoms with van der Waals surface area (Å²) in [6, 6.07) is 11.2. The highest BCUT2D eigenvalue weighted by atomic mass is 32.1. The van der Waals surface area contributed by atoms with Crippen LogP contribution in [0.2, 0.25) is 0 Å².